The molecule has 1 aliphatic carbocycles. The Hall–Kier alpha value is -1.75. The maximum atomic E-state index is 9.54. The van der Waals surface area contributed by atoms with Crippen LogP contribution in [-0.4, -0.2) is 4.57 Å². The van der Waals surface area contributed by atoms with Crippen molar-refractivity contribution < 1.29 is 0 Å². The molecule has 0 saturated carbocycles. The largest absolute Gasteiger partial charge is 0.346 e. The summed E-state index contributed by atoms with van der Waals surface area (Å²) in [5.41, 5.74) is 4.85. The van der Waals surface area contributed by atoms with Crippen LogP contribution in [-0.2, 0) is 18.9 Å². The van der Waals surface area contributed by atoms with Crippen molar-refractivity contribution in [1.82, 2.24) is 4.57 Å². The number of hydrogen-bond acceptors (Lipinski definition) is 1. The molecule has 18 heavy (non-hydrogen) atoms. The number of hydrogen-bond donors (Lipinski definition) is 0. The standard InChI is InChI=1S/C16H18N2/c1-11-6-7-14-13(9-11)12-5-4-8-16(2,10-17)15(12)18(14)3/h6-7,9H,4-5,8H2,1-3H3. The minimum Gasteiger partial charge on any atom is -0.346 e. The molecule has 2 aromatic rings. The minimum atomic E-state index is -0.324. The van der Waals surface area contributed by atoms with E-state index in [1.165, 1.54) is 27.7 Å². The number of aryl methyl sites for hydroxylation is 3. The van der Waals surface area contributed by atoms with Gasteiger partial charge in [0.25, 0.3) is 0 Å². The lowest BCUT2D eigenvalue weighted by atomic mass is 9.75. The van der Waals surface area contributed by atoms with Gasteiger partial charge in [0.2, 0.25) is 0 Å². The Morgan fingerprint density at radius 1 is 1.39 bits per heavy atom. The summed E-state index contributed by atoms with van der Waals surface area (Å²) in [5.74, 6) is 0. The number of benzene rings is 1. The molecule has 2 nitrogen and oxygen atoms in total. The SMILES string of the molecule is Cc1ccc2c(c1)c1c(n2C)C(C)(C#N)CCC1. The van der Waals surface area contributed by atoms with E-state index < -0.39 is 0 Å². The van der Waals surface area contributed by atoms with Crippen LogP contribution in [0.3, 0.4) is 0 Å². The Labute approximate surface area is 108 Å². The van der Waals surface area contributed by atoms with Crippen molar-refractivity contribution in [2.75, 3.05) is 0 Å². The maximum absolute atomic E-state index is 9.54. The molecule has 0 fully saturated rings. The van der Waals surface area contributed by atoms with Crippen molar-refractivity contribution in [3.05, 3.63) is 35.0 Å². The fraction of sp³-hybridized carbons (Fsp3) is 0.438. The number of rotatable bonds is 0. The third-order valence-corrected chi connectivity index (χ3v) is 4.33. The predicted octanol–water partition coefficient (Wildman–Crippen LogP) is 3.60. The normalized spacial score (nSPS) is 22.8. The van der Waals surface area contributed by atoms with Gasteiger partial charge in [-0.2, -0.15) is 5.26 Å². The molecule has 0 radical (unpaired) electrons. The summed E-state index contributed by atoms with van der Waals surface area (Å²) in [6, 6.07) is 9.12. The van der Waals surface area contributed by atoms with Crippen LogP contribution in [0.5, 0.6) is 0 Å². The van der Waals surface area contributed by atoms with E-state index in [2.05, 4.69) is 49.7 Å². The molecule has 1 aliphatic rings. The molecule has 1 aromatic heterocycles. The number of aromatic nitrogens is 1. The summed E-state index contributed by atoms with van der Waals surface area (Å²) in [6.07, 6.45) is 3.19. The zero-order valence-electron chi connectivity index (χ0n) is 11.2. The van der Waals surface area contributed by atoms with E-state index in [4.69, 9.17) is 0 Å². The first-order chi connectivity index (χ1) is 8.57. The molecule has 0 bridgehead atoms. The van der Waals surface area contributed by atoms with Crippen LogP contribution in [0.1, 0.15) is 36.6 Å². The second-order valence-corrected chi connectivity index (χ2v) is 5.70. The van der Waals surface area contributed by atoms with Gasteiger partial charge in [0.1, 0.15) is 0 Å². The molecule has 0 aliphatic heterocycles. The molecule has 2 heteroatoms. The minimum absolute atomic E-state index is 0.324. The van der Waals surface area contributed by atoms with Crippen LogP contribution in [0.4, 0.5) is 0 Å². The first-order valence-electron chi connectivity index (χ1n) is 6.56. The van der Waals surface area contributed by atoms with Crippen LogP contribution in [0.25, 0.3) is 10.9 Å². The summed E-state index contributed by atoms with van der Waals surface area (Å²) in [5, 5.41) is 10.9. The van der Waals surface area contributed by atoms with Crippen LogP contribution in [0.2, 0.25) is 0 Å². The van der Waals surface area contributed by atoms with Crippen molar-refractivity contribution >= 4 is 10.9 Å². The van der Waals surface area contributed by atoms with Gasteiger partial charge in [0.05, 0.1) is 11.5 Å². The molecule has 1 unspecified atom stereocenters. The zero-order valence-corrected chi connectivity index (χ0v) is 11.2. The Kier molecular flexibility index (Phi) is 2.28. The van der Waals surface area contributed by atoms with Gasteiger partial charge >= 0.3 is 0 Å². The second-order valence-electron chi connectivity index (χ2n) is 5.70. The van der Waals surface area contributed by atoms with Crippen LogP contribution < -0.4 is 0 Å². The second kappa shape index (κ2) is 3.62. The van der Waals surface area contributed by atoms with Gasteiger partial charge in [-0.1, -0.05) is 11.6 Å². The van der Waals surface area contributed by atoms with Crippen molar-refractivity contribution in [1.29, 1.82) is 5.26 Å². The van der Waals surface area contributed by atoms with E-state index in [0.717, 1.165) is 19.3 Å². The summed E-state index contributed by atoms with van der Waals surface area (Å²) in [7, 11) is 2.09. The topological polar surface area (TPSA) is 28.7 Å². The third-order valence-electron chi connectivity index (χ3n) is 4.33. The molecule has 1 heterocycles. The van der Waals surface area contributed by atoms with Crippen molar-refractivity contribution in [2.45, 2.75) is 38.5 Å². The molecular weight excluding hydrogens is 220 g/mol. The summed E-state index contributed by atoms with van der Waals surface area (Å²) in [6.45, 7) is 4.21. The fourth-order valence-corrected chi connectivity index (χ4v) is 3.44. The monoisotopic (exact) mass is 238 g/mol. The van der Waals surface area contributed by atoms with Crippen LogP contribution in [0.15, 0.2) is 18.2 Å². The quantitative estimate of drug-likeness (QED) is 0.689. The van der Waals surface area contributed by atoms with Crippen LogP contribution in [0, 0.1) is 18.3 Å². The van der Waals surface area contributed by atoms with E-state index in [1.54, 1.807) is 0 Å². The Morgan fingerprint density at radius 2 is 2.17 bits per heavy atom. The molecular formula is C16H18N2. The van der Waals surface area contributed by atoms with Gasteiger partial charge in [-0.25, -0.2) is 0 Å². The maximum Gasteiger partial charge on any atom is 0.0948 e. The zero-order chi connectivity index (χ0) is 12.9. The van der Waals surface area contributed by atoms with E-state index in [1.807, 2.05) is 0 Å². The van der Waals surface area contributed by atoms with E-state index >= 15 is 0 Å². The summed E-state index contributed by atoms with van der Waals surface area (Å²) >= 11 is 0. The Bertz CT molecular complexity index is 672. The molecule has 0 N–H and O–H groups in total. The lowest BCUT2D eigenvalue weighted by Crippen LogP contribution is -2.27. The summed E-state index contributed by atoms with van der Waals surface area (Å²) < 4.78 is 2.23. The Balaban J connectivity index is 2.42. The number of nitriles is 1. The molecule has 1 aromatic carbocycles. The van der Waals surface area contributed by atoms with Gasteiger partial charge in [-0.15, -0.1) is 0 Å². The predicted molar refractivity (Wildman–Crippen MR) is 73.6 cm³/mol. The Morgan fingerprint density at radius 3 is 2.89 bits per heavy atom. The summed E-state index contributed by atoms with van der Waals surface area (Å²) in [4.78, 5) is 0. The van der Waals surface area contributed by atoms with E-state index in [0.29, 0.717) is 0 Å². The molecule has 1 atom stereocenters. The molecule has 0 spiro atoms. The van der Waals surface area contributed by atoms with Crippen molar-refractivity contribution in [3.63, 3.8) is 0 Å². The highest BCUT2D eigenvalue weighted by molar-refractivity contribution is 5.87. The first-order valence-corrected chi connectivity index (χ1v) is 6.56. The average Bonchev–Trinajstić information content (AvgIpc) is 2.64. The van der Waals surface area contributed by atoms with Gasteiger partial charge in [0, 0.05) is 23.6 Å². The number of fused-ring (bicyclic) bond motifs is 3. The molecule has 0 saturated heterocycles. The van der Waals surface area contributed by atoms with E-state index in [-0.39, 0.29) is 5.41 Å². The highest BCUT2D eigenvalue weighted by Gasteiger charge is 2.36. The van der Waals surface area contributed by atoms with Crippen molar-refractivity contribution in [2.24, 2.45) is 7.05 Å². The molecule has 3 rings (SSSR count). The number of nitrogens with zero attached hydrogens (tertiary/aromatic N) is 2. The molecule has 92 valence electrons. The van der Waals surface area contributed by atoms with Gasteiger partial charge < -0.3 is 4.57 Å². The lowest BCUT2D eigenvalue weighted by Gasteiger charge is -2.28. The highest BCUT2D eigenvalue weighted by atomic mass is 15.0. The fourth-order valence-electron chi connectivity index (χ4n) is 3.44. The average molecular weight is 238 g/mol. The third kappa shape index (κ3) is 1.34. The first kappa shape index (κ1) is 11.3. The van der Waals surface area contributed by atoms with Crippen molar-refractivity contribution in [3.8, 4) is 6.07 Å². The van der Waals surface area contributed by atoms with Crippen LogP contribution >= 0.6 is 0 Å². The van der Waals surface area contributed by atoms with Gasteiger partial charge in [0.15, 0.2) is 0 Å². The van der Waals surface area contributed by atoms with Gasteiger partial charge in [-0.05, 0) is 50.8 Å². The van der Waals surface area contributed by atoms with E-state index in [9.17, 15) is 5.26 Å². The smallest absolute Gasteiger partial charge is 0.0948 e. The lowest BCUT2D eigenvalue weighted by molar-refractivity contribution is 0.467. The highest BCUT2D eigenvalue weighted by Crippen LogP contribution is 2.41. The van der Waals surface area contributed by atoms with Gasteiger partial charge in [-0.3, -0.25) is 0 Å². The molecule has 0 amide bonds.